The van der Waals surface area contributed by atoms with Gasteiger partial charge in [-0.05, 0) is 55.8 Å². The molecule has 16 nitrogen and oxygen atoms in total. The smallest absolute Gasteiger partial charge is 0.320 e. The molecular weight excluding hydrogens is 799 g/mol. The van der Waals surface area contributed by atoms with Crippen LogP contribution in [0, 0.1) is 0 Å². The minimum atomic E-state index is -1.04. The Labute approximate surface area is 348 Å². The Kier molecular flexibility index (Phi) is 10.0. The highest BCUT2D eigenvalue weighted by Crippen LogP contribution is 2.37. The normalized spacial score (nSPS) is 19.0. The zero-order chi connectivity index (χ0) is 40.9. The number of aromatic nitrogens is 4. The van der Waals surface area contributed by atoms with Crippen LogP contribution in [0.25, 0.3) is 22.2 Å². The van der Waals surface area contributed by atoms with E-state index in [-0.39, 0.29) is 30.0 Å². The van der Waals surface area contributed by atoms with Gasteiger partial charge in [0.05, 0.1) is 32.4 Å². The molecule has 0 aliphatic carbocycles. The van der Waals surface area contributed by atoms with Crippen molar-refractivity contribution in [3.05, 3.63) is 93.9 Å². The van der Waals surface area contributed by atoms with Gasteiger partial charge >= 0.3 is 6.03 Å². The summed E-state index contributed by atoms with van der Waals surface area (Å²) in [5.74, 6) is -0.726. The minimum absolute atomic E-state index is 0.0451. The maximum absolute atomic E-state index is 13.7. The maximum atomic E-state index is 13.7. The van der Waals surface area contributed by atoms with Crippen molar-refractivity contribution in [1.29, 1.82) is 0 Å². The molecule has 9 rings (SSSR count). The number of hydrogen-bond donors (Lipinski definition) is 2. The molecule has 5 aromatic rings. The molecule has 6 amide bonds. The van der Waals surface area contributed by atoms with Crippen molar-refractivity contribution in [3.63, 3.8) is 0 Å². The Morgan fingerprint density at radius 2 is 1.56 bits per heavy atom. The number of fused-ring (bicyclic) bond motifs is 2. The molecule has 0 saturated carbocycles. The number of carbonyl (C=O) groups is 5. The zero-order valence-corrected chi connectivity index (χ0v) is 33.4. The number of urea groups is 1. The van der Waals surface area contributed by atoms with Crippen molar-refractivity contribution >= 4 is 75.3 Å². The first-order valence-corrected chi connectivity index (χ1v) is 20.1. The number of imide groups is 2. The molecule has 7 heterocycles. The average molecular weight is 838 g/mol. The highest BCUT2D eigenvalue weighted by molar-refractivity contribution is 6.35. The van der Waals surface area contributed by atoms with Gasteiger partial charge in [0.1, 0.15) is 29.4 Å². The zero-order valence-electron chi connectivity index (χ0n) is 31.9. The highest BCUT2D eigenvalue weighted by atomic mass is 35.5. The predicted octanol–water partition coefficient (Wildman–Crippen LogP) is 4.93. The van der Waals surface area contributed by atoms with Crippen LogP contribution in [-0.2, 0) is 9.59 Å². The van der Waals surface area contributed by atoms with Crippen LogP contribution in [0.3, 0.4) is 0 Å². The summed E-state index contributed by atoms with van der Waals surface area (Å²) in [6.45, 7) is 5.97. The third-order valence-electron chi connectivity index (χ3n) is 11.4. The quantitative estimate of drug-likeness (QED) is 0.213. The van der Waals surface area contributed by atoms with Gasteiger partial charge in [-0.2, -0.15) is 5.10 Å². The summed E-state index contributed by atoms with van der Waals surface area (Å²) < 4.78 is 6.23. The molecule has 1 unspecified atom stereocenters. The number of ether oxygens (including phenoxy) is 1. The number of carbonyl (C=O) groups excluding carboxylic acids is 5. The Hall–Kier alpha value is -6.26. The molecule has 2 N–H and O–H groups in total. The van der Waals surface area contributed by atoms with E-state index in [4.69, 9.17) is 32.9 Å². The second kappa shape index (κ2) is 15.5. The lowest BCUT2D eigenvalue weighted by molar-refractivity contribution is -0.136. The van der Waals surface area contributed by atoms with E-state index in [1.165, 1.54) is 12.4 Å². The molecule has 18 heteroatoms. The fourth-order valence-corrected chi connectivity index (χ4v) is 8.97. The third kappa shape index (κ3) is 7.05. The number of piperazine rings is 2. The molecule has 4 aliphatic heterocycles. The van der Waals surface area contributed by atoms with Gasteiger partial charge in [0, 0.05) is 93.9 Å². The monoisotopic (exact) mass is 836 g/mol. The number of H-pyrrole nitrogens is 1. The molecule has 0 bridgehead atoms. The molecule has 302 valence electrons. The minimum Gasteiger partial charge on any atom is -0.486 e. The van der Waals surface area contributed by atoms with Crippen molar-refractivity contribution in [1.82, 2.24) is 40.2 Å². The number of halogens is 2. The molecule has 59 heavy (non-hydrogen) atoms. The van der Waals surface area contributed by atoms with Crippen LogP contribution >= 0.6 is 23.2 Å². The molecule has 3 fully saturated rings. The number of anilines is 2. The second-order valence-corrected chi connectivity index (χ2v) is 15.7. The van der Waals surface area contributed by atoms with Crippen molar-refractivity contribution in [2.24, 2.45) is 0 Å². The lowest BCUT2D eigenvalue weighted by Crippen LogP contribution is -2.57. The van der Waals surface area contributed by atoms with Crippen LogP contribution in [0.1, 0.15) is 52.1 Å². The SMILES string of the molecule is C[C@@H](Oc1ccc2[nH]nc(-c3ccc(N4CCN(C(=O)N5CCN(c6cccc7c6C(=O)N(C6CCC(=O)NC6=O)C7=O)CC5)CC4)nc3)c2c1)c1c(Cl)cncc1Cl. The van der Waals surface area contributed by atoms with E-state index in [0.29, 0.717) is 79.4 Å². The molecule has 4 aliphatic rings. The van der Waals surface area contributed by atoms with Crippen LogP contribution in [0.15, 0.2) is 67.1 Å². The summed E-state index contributed by atoms with van der Waals surface area (Å²) in [5, 5.41) is 11.6. The van der Waals surface area contributed by atoms with Gasteiger partial charge in [-0.1, -0.05) is 29.3 Å². The van der Waals surface area contributed by atoms with E-state index in [2.05, 4.69) is 25.4 Å². The van der Waals surface area contributed by atoms with Gasteiger partial charge in [-0.25, -0.2) is 9.78 Å². The summed E-state index contributed by atoms with van der Waals surface area (Å²) in [6, 6.07) is 13.7. The number of pyridine rings is 2. The molecule has 3 aromatic heterocycles. The summed E-state index contributed by atoms with van der Waals surface area (Å²) in [5.41, 5.74) is 4.16. The third-order valence-corrected chi connectivity index (χ3v) is 12.0. The number of rotatable bonds is 7. The van der Waals surface area contributed by atoms with E-state index in [1.807, 2.05) is 52.0 Å². The maximum Gasteiger partial charge on any atom is 0.320 e. The topological polar surface area (TPSA) is 177 Å². The van der Waals surface area contributed by atoms with Crippen molar-refractivity contribution < 1.29 is 28.7 Å². The average Bonchev–Trinajstić information content (AvgIpc) is 3.78. The number of nitrogens with zero attached hydrogens (tertiary/aromatic N) is 8. The predicted molar refractivity (Wildman–Crippen MR) is 219 cm³/mol. The Bertz CT molecular complexity index is 2500. The van der Waals surface area contributed by atoms with Crippen LogP contribution in [-0.4, -0.2) is 123 Å². The van der Waals surface area contributed by atoms with Crippen molar-refractivity contribution in [2.75, 3.05) is 62.2 Å². The van der Waals surface area contributed by atoms with E-state index >= 15 is 0 Å². The fraction of sp³-hybridized carbons (Fsp3) is 0.317. The molecule has 2 aromatic carbocycles. The van der Waals surface area contributed by atoms with E-state index in [9.17, 15) is 24.0 Å². The van der Waals surface area contributed by atoms with Crippen LogP contribution in [0.4, 0.5) is 16.3 Å². The highest BCUT2D eigenvalue weighted by Gasteiger charge is 2.46. The van der Waals surface area contributed by atoms with Gasteiger partial charge in [0.15, 0.2) is 0 Å². The number of hydrogen-bond acceptors (Lipinski definition) is 11. The lowest BCUT2D eigenvalue weighted by atomic mass is 10.0. The number of nitrogens with one attached hydrogen (secondary N) is 2. The largest absolute Gasteiger partial charge is 0.486 e. The number of aromatic amines is 1. The Morgan fingerprint density at radius 3 is 2.24 bits per heavy atom. The summed E-state index contributed by atoms with van der Waals surface area (Å²) >= 11 is 12.7. The first kappa shape index (κ1) is 38.3. The molecule has 0 spiro atoms. The molecule has 3 saturated heterocycles. The summed E-state index contributed by atoms with van der Waals surface area (Å²) in [7, 11) is 0. The fourth-order valence-electron chi connectivity index (χ4n) is 8.30. The van der Waals surface area contributed by atoms with E-state index in [1.54, 1.807) is 24.4 Å². The first-order valence-electron chi connectivity index (χ1n) is 19.3. The molecular formula is C41H38Cl2N10O6. The standard InChI is InChI=1S/C41H38Cl2N10O6/c1-23(35-28(42)21-44-22-29(35)43)59-25-6-7-30-27(19-25)37(48-47-30)24-5-9-33(45-20-24)50-13-17-52(18-14-50)41(58)51-15-11-49(12-16-51)31-4-2-3-26-36(31)40(57)53(39(26)56)32-8-10-34(54)46-38(32)55/h2-7,9,19-23,32H,8,10-18H2,1H3,(H,47,48)(H,46,54,55)/t23-,32?/m1/s1. The second-order valence-electron chi connectivity index (χ2n) is 14.8. The lowest BCUT2D eigenvalue weighted by Gasteiger charge is -2.41. The number of amides is 6. The molecule has 2 atom stereocenters. The van der Waals surface area contributed by atoms with E-state index in [0.717, 1.165) is 32.9 Å². The summed E-state index contributed by atoms with van der Waals surface area (Å²) in [6.07, 6.45) is 4.60. The van der Waals surface area contributed by atoms with Crippen LogP contribution in [0.5, 0.6) is 5.75 Å². The Morgan fingerprint density at radius 1 is 0.847 bits per heavy atom. The van der Waals surface area contributed by atoms with E-state index < -0.39 is 35.8 Å². The van der Waals surface area contributed by atoms with Crippen molar-refractivity contribution in [3.8, 4) is 17.0 Å². The Balaban J connectivity index is 0.798. The van der Waals surface area contributed by atoms with Gasteiger partial charge in [0.2, 0.25) is 11.8 Å². The van der Waals surface area contributed by atoms with Crippen LogP contribution < -0.4 is 19.9 Å². The van der Waals surface area contributed by atoms with Gasteiger partial charge in [0.25, 0.3) is 11.8 Å². The molecule has 0 radical (unpaired) electrons. The summed E-state index contributed by atoms with van der Waals surface area (Å²) in [4.78, 5) is 82.5. The van der Waals surface area contributed by atoms with Gasteiger partial charge in [-0.15, -0.1) is 0 Å². The number of benzene rings is 2. The van der Waals surface area contributed by atoms with Gasteiger partial charge < -0.3 is 24.3 Å². The number of piperidine rings is 1. The van der Waals surface area contributed by atoms with Crippen LogP contribution in [0.2, 0.25) is 10.0 Å². The van der Waals surface area contributed by atoms with Crippen molar-refractivity contribution in [2.45, 2.75) is 31.9 Å². The first-order chi connectivity index (χ1) is 28.5. The van der Waals surface area contributed by atoms with Gasteiger partial charge in [-0.3, -0.25) is 39.5 Å².